The van der Waals surface area contributed by atoms with Crippen LogP contribution in [0.25, 0.3) is 6.08 Å². The molecule has 0 aliphatic rings. The van der Waals surface area contributed by atoms with Crippen LogP contribution >= 0.6 is 0 Å². The number of benzene rings is 1. The fourth-order valence-corrected chi connectivity index (χ4v) is 1.23. The van der Waals surface area contributed by atoms with Crippen molar-refractivity contribution in [3.8, 4) is 0 Å². The van der Waals surface area contributed by atoms with Gasteiger partial charge >= 0.3 is 5.97 Å². The van der Waals surface area contributed by atoms with Crippen molar-refractivity contribution in [3.63, 3.8) is 0 Å². The van der Waals surface area contributed by atoms with Crippen LogP contribution in [0.4, 0.5) is 5.69 Å². The molecule has 17 heavy (non-hydrogen) atoms. The highest BCUT2D eigenvalue weighted by Gasteiger charge is 2.08. The second-order valence-corrected chi connectivity index (χ2v) is 3.20. The smallest absolute Gasteiger partial charge is 0.312 e. The molecule has 0 radical (unpaired) electrons. The van der Waals surface area contributed by atoms with Crippen molar-refractivity contribution in [2.45, 2.75) is 6.42 Å². The average molecular weight is 233 g/mol. The third-order valence-electron chi connectivity index (χ3n) is 1.90. The zero-order valence-electron chi connectivity index (χ0n) is 8.92. The van der Waals surface area contributed by atoms with Gasteiger partial charge in [0.05, 0.1) is 0 Å². The lowest BCUT2D eigenvalue weighted by Crippen LogP contribution is -2.16. The molecule has 0 aliphatic carbocycles. The van der Waals surface area contributed by atoms with Gasteiger partial charge in [-0.2, -0.15) is 0 Å². The molecule has 0 atom stereocenters. The summed E-state index contributed by atoms with van der Waals surface area (Å²) < 4.78 is 0. The van der Waals surface area contributed by atoms with Crippen LogP contribution in [0.2, 0.25) is 0 Å². The number of carbonyl (C=O) groups is 3. The quantitative estimate of drug-likeness (QED) is 0.456. The molecule has 88 valence electrons. The van der Waals surface area contributed by atoms with Gasteiger partial charge in [-0.1, -0.05) is 18.2 Å². The van der Waals surface area contributed by atoms with Gasteiger partial charge in [0.25, 0.3) is 0 Å². The van der Waals surface area contributed by atoms with Crippen molar-refractivity contribution in [2.75, 3.05) is 5.32 Å². The van der Waals surface area contributed by atoms with E-state index in [1.165, 1.54) is 12.2 Å². The van der Waals surface area contributed by atoms with Crippen molar-refractivity contribution in [3.05, 3.63) is 35.9 Å². The van der Waals surface area contributed by atoms with E-state index in [9.17, 15) is 14.4 Å². The van der Waals surface area contributed by atoms with Gasteiger partial charge in [0.1, 0.15) is 12.7 Å². The molecule has 1 aromatic rings. The van der Waals surface area contributed by atoms with Gasteiger partial charge in [0.2, 0.25) is 5.91 Å². The lowest BCUT2D eigenvalue weighted by atomic mass is 10.1. The van der Waals surface area contributed by atoms with Crippen molar-refractivity contribution in [1.82, 2.24) is 0 Å². The van der Waals surface area contributed by atoms with Gasteiger partial charge in [-0.25, -0.2) is 0 Å². The standard InChI is InChI=1S/C12H11NO4/c14-7-3-5-9-4-1-2-6-10(9)13-11(15)8-12(16)17/h1-7H,8H2,(H,13,15)(H,16,17)/b5-3+. The zero-order valence-corrected chi connectivity index (χ0v) is 8.92. The maximum atomic E-state index is 11.3. The maximum absolute atomic E-state index is 11.3. The second-order valence-electron chi connectivity index (χ2n) is 3.20. The Labute approximate surface area is 97.8 Å². The molecule has 0 saturated carbocycles. The number of carbonyl (C=O) groups excluding carboxylic acids is 2. The highest BCUT2D eigenvalue weighted by Crippen LogP contribution is 2.16. The van der Waals surface area contributed by atoms with Crippen LogP contribution in [0, 0.1) is 0 Å². The molecule has 1 aromatic carbocycles. The first-order valence-electron chi connectivity index (χ1n) is 4.86. The number of anilines is 1. The minimum atomic E-state index is -1.19. The van der Waals surface area contributed by atoms with Crippen LogP contribution in [0.5, 0.6) is 0 Å². The molecular formula is C12H11NO4. The molecule has 2 N–H and O–H groups in total. The molecule has 5 heteroatoms. The molecule has 0 spiro atoms. The summed E-state index contributed by atoms with van der Waals surface area (Å²) in [4.78, 5) is 31.8. The second kappa shape index (κ2) is 6.22. The Hall–Kier alpha value is -2.43. The summed E-state index contributed by atoms with van der Waals surface area (Å²) in [5.74, 6) is -1.80. The summed E-state index contributed by atoms with van der Waals surface area (Å²) in [5.41, 5.74) is 1.11. The third kappa shape index (κ3) is 4.29. The van der Waals surface area contributed by atoms with E-state index in [1.807, 2.05) is 0 Å². The van der Waals surface area contributed by atoms with E-state index < -0.39 is 18.3 Å². The van der Waals surface area contributed by atoms with Crippen LogP contribution in [-0.4, -0.2) is 23.3 Å². The van der Waals surface area contributed by atoms with E-state index in [-0.39, 0.29) is 0 Å². The fourth-order valence-electron chi connectivity index (χ4n) is 1.23. The molecule has 0 aromatic heterocycles. The van der Waals surface area contributed by atoms with Crippen molar-refractivity contribution >= 4 is 29.9 Å². The van der Waals surface area contributed by atoms with E-state index >= 15 is 0 Å². The summed E-state index contributed by atoms with van der Waals surface area (Å²) in [5, 5.41) is 10.9. The first kappa shape index (κ1) is 12.6. The van der Waals surface area contributed by atoms with Gasteiger partial charge in [-0.15, -0.1) is 0 Å². The summed E-state index contributed by atoms with van der Waals surface area (Å²) in [6.07, 6.45) is 2.85. The number of para-hydroxylation sites is 1. The fraction of sp³-hybridized carbons (Fsp3) is 0.0833. The van der Waals surface area contributed by atoms with Gasteiger partial charge < -0.3 is 10.4 Å². The van der Waals surface area contributed by atoms with Crippen LogP contribution < -0.4 is 5.32 Å². The van der Waals surface area contributed by atoms with Gasteiger partial charge in [-0.05, 0) is 23.8 Å². The van der Waals surface area contributed by atoms with Crippen molar-refractivity contribution in [1.29, 1.82) is 0 Å². The van der Waals surface area contributed by atoms with E-state index in [1.54, 1.807) is 24.3 Å². The topological polar surface area (TPSA) is 83.5 Å². The van der Waals surface area contributed by atoms with Crippen molar-refractivity contribution in [2.24, 2.45) is 0 Å². The molecule has 0 bridgehead atoms. The minimum absolute atomic E-state index is 0.469. The predicted octanol–water partition coefficient (Wildman–Crippen LogP) is 1.31. The Balaban J connectivity index is 2.83. The number of carboxylic acid groups (broad SMARTS) is 1. The Morgan fingerprint density at radius 3 is 2.65 bits per heavy atom. The number of amides is 1. The number of allylic oxidation sites excluding steroid dienone is 1. The molecule has 0 aliphatic heterocycles. The molecule has 0 saturated heterocycles. The molecule has 5 nitrogen and oxygen atoms in total. The maximum Gasteiger partial charge on any atom is 0.312 e. The Morgan fingerprint density at radius 1 is 1.29 bits per heavy atom. The van der Waals surface area contributed by atoms with E-state index in [0.717, 1.165) is 0 Å². The lowest BCUT2D eigenvalue weighted by molar-refractivity contribution is -0.139. The number of rotatable bonds is 5. The Morgan fingerprint density at radius 2 is 2.00 bits per heavy atom. The molecular weight excluding hydrogens is 222 g/mol. The zero-order chi connectivity index (χ0) is 12.7. The van der Waals surface area contributed by atoms with Gasteiger partial charge in [-0.3, -0.25) is 14.4 Å². The first-order chi connectivity index (χ1) is 8.13. The number of aldehydes is 1. The number of nitrogens with one attached hydrogen (secondary N) is 1. The predicted molar refractivity (Wildman–Crippen MR) is 62.4 cm³/mol. The SMILES string of the molecule is O=C/C=C/c1ccccc1NC(=O)CC(=O)O. The highest BCUT2D eigenvalue weighted by atomic mass is 16.4. The number of carboxylic acids is 1. The summed E-state index contributed by atoms with van der Waals surface area (Å²) in [7, 11) is 0. The third-order valence-corrected chi connectivity index (χ3v) is 1.90. The van der Waals surface area contributed by atoms with Crippen LogP contribution in [0.1, 0.15) is 12.0 Å². The minimum Gasteiger partial charge on any atom is -0.481 e. The Bertz CT molecular complexity index is 465. The summed E-state index contributed by atoms with van der Waals surface area (Å²) >= 11 is 0. The first-order valence-corrected chi connectivity index (χ1v) is 4.86. The lowest BCUT2D eigenvalue weighted by Gasteiger charge is -2.06. The van der Waals surface area contributed by atoms with Crippen LogP contribution in [0.3, 0.4) is 0 Å². The van der Waals surface area contributed by atoms with Gasteiger partial charge in [0.15, 0.2) is 0 Å². The van der Waals surface area contributed by atoms with Gasteiger partial charge in [0, 0.05) is 5.69 Å². The number of aliphatic carboxylic acids is 1. The summed E-state index contributed by atoms with van der Waals surface area (Å²) in [6, 6.07) is 6.78. The van der Waals surface area contributed by atoms with Crippen LogP contribution in [0.15, 0.2) is 30.3 Å². The molecule has 0 fully saturated rings. The number of hydrogen-bond acceptors (Lipinski definition) is 3. The van der Waals surface area contributed by atoms with E-state index in [2.05, 4.69) is 5.32 Å². The van der Waals surface area contributed by atoms with E-state index in [4.69, 9.17) is 5.11 Å². The number of hydrogen-bond donors (Lipinski definition) is 2. The van der Waals surface area contributed by atoms with E-state index in [0.29, 0.717) is 17.5 Å². The molecule has 0 unspecified atom stereocenters. The largest absolute Gasteiger partial charge is 0.481 e. The monoisotopic (exact) mass is 233 g/mol. The highest BCUT2D eigenvalue weighted by molar-refractivity contribution is 6.02. The van der Waals surface area contributed by atoms with Crippen molar-refractivity contribution < 1.29 is 19.5 Å². The molecule has 1 amide bonds. The molecule has 0 heterocycles. The van der Waals surface area contributed by atoms with Crippen LogP contribution in [-0.2, 0) is 14.4 Å². The normalized spacial score (nSPS) is 10.1. The summed E-state index contributed by atoms with van der Waals surface area (Å²) in [6.45, 7) is 0. The Kier molecular flexibility index (Phi) is 4.62. The molecule has 1 rings (SSSR count). The average Bonchev–Trinajstić information content (AvgIpc) is 2.26.